The molecular formula is C18H21N3O6. The van der Waals surface area contributed by atoms with E-state index in [1.54, 1.807) is 24.3 Å². The Bertz CT molecular complexity index is 979. The van der Waals surface area contributed by atoms with Crippen LogP contribution in [0.1, 0.15) is 19.3 Å². The van der Waals surface area contributed by atoms with Crippen molar-refractivity contribution in [1.29, 1.82) is 0 Å². The van der Waals surface area contributed by atoms with E-state index in [-0.39, 0.29) is 42.3 Å². The summed E-state index contributed by atoms with van der Waals surface area (Å²) in [6.45, 7) is 0.322. The van der Waals surface area contributed by atoms with Gasteiger partial charge in [-0.15, -0.1) is 0 Å². The lowest BCUT2D eigenvalue weighted by Gasteiger charge is -2.23. The minimum Gasteiger partial charge on any atom is -0.481 e. The molecule has 9 heteroatoms. The number of methoxy groups -OCH3 is 1. The number of amides is 1. The standard InChI is InChI=1S/C18H21N3O6/c1-27-12-8-11(9-16(23)24)20(10-12)15(22)6-7-21-18(26)14-5-3-2-4-13(14)17(25)19-21/h2-5,11-12H,6-10H2,1H3,(H,19,25)(H,23,24). The molecule has 3 rings (SSSR count). The number of H-pyrrole nitrogens is 1. The van der Waals surface area contributed by atoms with E-state index >= 15 is 0 Å². The van der Waals surface area contributed by atoms with Crippen LogP contribution >= 0.6 is 0 Å². The maximum absolute atomic E-state index is 12.6. The van der Waals surface area contributed by atoms with E-state index < -0.39 is 17.6 Å². The van der Waals surface area contributed by atoms with Gasteiger partial charge in [0.1, 0.15) is 0 Å². The third-order valence-electron chi connectivity index (χ3n) is 4.87. The number of ether oxygens (including phenoxy) is 1. The third kappa shape index (κ3) is 3.92. The number of carbonyl (C=O) groups is 2. The highest BCUT2D eigenvalue weighted by atomic mass is 16.5. The molecule has 2 N–H and O–H groups in total. The molecule has 0 saturated carbocycles. The highest BCUT2D eigenvalue weighted by Gasteiger charge is 2.36. The van der Waals surface area contributed by atoms with Crippen molar-refractivity contribution >= 4 is 22.6 Å². The Morgan fingerprint density at radius 3 is 2.63 bits per heavy atom. The van der Waals surface area contributed by atoms with Crippen LogP contribution in [0.4, 0.5) is 0 Å². The van der Waals surface area contributed by atoms with Gasteiger partial charge in [0, 0.05) is 26.1 Å². The van der Waals surface area contributed by atoms with Crippen molar-refractivity contribution in [3.05, 3.63) is 45.0 Å². The number of aliphatic carboxylic acids is 1. The summed E-state index contributed by atoms with van der Waals surface area (Å²) in [7, 11) is 1.52. The molecule has 144 valence electrons. The predicted octanol–water partition coefficient (Wildman–Crippen LogP) is 0.171. The second kappa shape index (κ2) is 7.75. The molecule has 0 spiro atoms. The van der Waals surface area contributed by atoms with Crippen LogP contribution in [-0.4, -0.2) is 57.5 Å². The molecule has 1 fully saturated rings. The quantitative estimate of drug-likeness (QED) is 0.742. The van der Waals surface area contributed by atoms with Gasteiger partial charge >= 0.3 is 5.97 Å². The molecule has 9 nitrogen and oxygen atoms in total. The number of aromatic amines is 1. The maximum atomic E-state index is 12.6. The zero-order valence-corrected chi connectivity index (χ0v) is 14.9. The van der Waals surface area contributed by atoms with Gasteiger partial charge in [-0.2, -0.15) is 0 Å². The minimum absolute atomic E-state index is 0.00564. The number of hydrogen-bond donors (Lipinski definition) is 2. The van der Waals surface area contributed by atoms with Crippen molar-refractivity contribution < 1.29 is 19.4 Å². The van der Waals surface area contributed by atoms with E-state index in [9.17, 15) is 19.2 Å². The van der Waals surface area contributed by atoms with E-state index in [2.05, 4.69) is 5.10 Å². The van der Waals surface area contributed by atoms with Crippen LogP contribution < -0.4 is 11.1 Å². The fraction of sp³-hybridized carbons (Fsp3) is 0.444. The fourth-order valence-corrected chi connectivity index (χ4v) is 3.50. The summed E-state index contributed by atoms with van der Waals surface area (Å²) in [5.74, 6) is -1.26. The van der Waals surface area contributed by atoms with Gasteiger partial charge in [0.25, 0.3) is 11.1 Å². The number of aromatic nitrogens is 2. The first kappa shape index (κ1) is 18.8. The lowest BCUT2D eigenvalue weighted by Crippen LogP contribution is -2.39. The summed E-state index contributed by atoms with van der Waals surface area (Å²) < 4.78 is 6.38. The van der Waals surface area contributed by atoms with Crippen LogP contribution in [0.5, 0.6) is 0 Å². The van der Waals surface area contributed by atoms with Crippen molar-refractivity contribution in [1.82, 2.24) is 14.7 Å². The molecule has 2 unspecified atom stereocenters. The van der Waals surface area contributed by atoms with Gasteiger partial charge in [-0.1, -0.05) is 12.1 Å². The zero-order chi connectivity index (χ0) is 19.6. The maximum Gasteiger partial charge on any atom is 0.305 e. The summed E-state index contributed by atoms with van der Waals surface area (Å²) in [5.41, 5.74) is -0.779. The van der Waals surface area contributed by atoms with Crippen LogP contribution in [0.15, 0.2) is 33.9 Å². The van der Waals surface area contributed by atoms with Gasteiger partial charge in [0.2, 0.25) is 5.91 Å². The van der Waals surface area contributed by atoms with Gasteiger partial charge in [-0.05, 0) is 18.6 Å². The number of carboxylic acid groups (broad SMARTS) is 1. The van der Waals surface area contributed by atoms with Crippen LogP contribution in [0.3, 0.4) is 0 Å². The molecule has 1 aromatic carbocycles. The summed E-state index contributed by atoms with van der Waals surface area (Å²) in [6.07, 6.45) is 0.0712. The average Bonchev–Trinajstić information content (AvgIpc) is 3.05. The Kier molecular flexibility index (Phi) is 5.41. The highest BCUT2D eigenvalue weighted by Crippen LogP contribution is 2.23. The Labute approximate surface area is 154 Å². The number of nitrogens with one attached hydrogen (secondary N) is 1. The molecule has 2 atom stereocenters. The Hall–Kier alpha value is -2.94. The van der Waals surface area contributed by atoms with Crippen LogP contribution in [0, 0.1) is 0 Å². The molecule has 2 aromatic rings. The van der Waals surface area contributed by atoms with Crippen molar-refractivity contribution in [2.75, 3.05) is 13.7 Å². The number of fused-ring (bicyclic) bond motifs is 1. The average molecular weight is 375 g/mol. The Balaban J connectivity index is 1.76. The van der Waals surface area contributed by atoms with E-state index in [4.69, 9.17) is 9.84 Å². The molecule has 1 amide bonds. The number of carboxylic acids is 1. The summed E-state index contributed by atoms with van der Waals surface area (Å²) in [4.78, 5) is 49.7. The summed E-state index contributed by atoms with van der Waals surface area (Å²) >= 11 is 0. The predicted molar refractivity (Wildman–Crippen MR) is 96.6 cm³/mol. The monoisotopic (exact) mass is 375 g/mol. The molecule has 1 aliphatic rings. The smallest absolute Gasteiger partial charge is 0.305 e. The molecule has 2 heterocycles. The summed E-state index contributed by atoms with van der Waals surface area (Å²) in [6, 6.07) is 6.04. The second-order valence-electron chi connectivity index (χ2n) is 6.58. The number of likely N-dealkylation sites (tertiary alicyclic amines) is 1. The topological polar surface area (TPSA) is 122 Å². The lowest BCUT2D eigenvalue weighted by molar-refractivity contribution is -0.140. The van der Waals surface area contributed by atoms with Gasteiger partial charge < -0.3 is 14.7 Å². The first-order valence-electron chi connectivity index (χ1n) is 8.66. The van der Waals surface area contributed by atoms with Crippen molar-refractivity contribution in [3.63, 3.8) is 0 Å². The van der Waals surface area contributed by atoms with Crippen LogP contribution in [0.25, 0.3) is 10.8 Å². The molecule has 27 heavy (non-hydrogen) atoms. The van der Waals surface area contributed by atoms with E-state index in [0.717, 1.165) is 4.68 Å². The molecule has 1 aromatic heterocycles. The first-order valence-corrected chi connectivity index (χ1v) is 8.66. The van der Waals surface area contributed by atoms with E-state index in [1.165, 1.54) is 12.0 Å². The number of carbonyl (C=O) groups excluding carboxylic acids is 1. The van der Waals surface area contributed by atoms with Crippen LogP contribution in [0.2, 0.25) is 0 Å². The number of nitrogens with zero attached hydrogens (tertiary/aromatic N) is 2. The highest BCUT2D eigenvalue weighted by molar-refractivity contribution is 5.80. The second-order valence-corrected chi connectivity index (χ2v) is 6.58. The number of rotatable bonds is 6. The first-order chi connectivity index (χ1) is 12.9. The number of aryl methyl sites for hydroxylation is 1. The SMILES string of the molecule is COC1CC(CC(=O)O)N(C(=O)CCn2[nH]c(=O)c3ccccc3c2=O)C1. The zero-order valence-electron chi connectivity index (χ0n) is 14.9. The minimum atomic E-state index is -0.982. The normalized spacial score (nSPS) is 19.5. The lowest BCUT2D eigenvalue weighted by atomic mass is 10.1. The Morgan fingerprint density at radius 1 is 1.26 bits per heavy atom. The van der Waals surface area contributed by atoms with Crippen molar-refractivity contribution in [2.24, 2.45) is 0 Å². The Morgan fingerprint density at radius 2 is 1.96 bits per heavy atom. The van der Waals surface area contributed by atoms with Gasteiger partial charge in [0.15, 0.2) is 0 Å². The molecule has 0 bridgehead atoms. The van der Waals surface area contributed by atoms with E-state index in [1.807, 2.05) is 0 Å². The molecule has 0 radical (unpaired) electrons. The van der Waals surface area contributed by atoms with Gasteiger partial charge in [-0.25, -0.2) is 4.68 Å². The van der Waals surface area contributed by atoms with Gasteiger partial charge in [-0.3, -0.25) is 24.3 Å². The molecular weight excluding hydrogens is 354 g/mol. The fourth-order valence-electron chi connectivity index (χ4n) is 3.50. The largest absolute Gasteiger partial charge is 0.481 e. The van der Waals surface area contributed by atoms with Crippen LogP contribution in [-0.2, 0) is 20.9 Å². The van der Waals surface area contributed by atoms with E-state index in [0.29, 0.717) is 18.4 Å². The van der Waals surface area contributed by atoms with Crippen molar-refractivity contribution in [2.45, 2.75) is 38.0 Å². The van der Waals surface area contributed by atoms with Gasteiger partial charge in [0.05, 0.1) is 29.8 Å². The van der Waals surface area contributed by atoms with Crippen molar-refractivity contribution in [3.8, 4) is 0 Å². The molecule has 1 aliphatic heterocycles. The third-order valence-corrected chi connectivity index (χ3v) is 4.87. The molecule has 1 saturated heterocycles. The molecule has 0 aliphatic carbocycles. The number of hydrogen-bond acceptors (Lipinski definition) is 5. The summed E-state index contributed by atoms with van der Waals surface area (Å²) in [5, 5.41) is 12.1. The number of benzene rings is 1.